The molecule has 4 nitrogen and oxygen atoms in total. The second-order valence-electron chi connectivity index (χ2n) is 9.80. The molecule has 1 heterocycles. The lowest BCUT2D eigenvalue weighted by Crippen LogP contribution is -2.42. The van der Waals surface area contributed by atoms with Crippen LogP contribution in [-0.4, -0.2) is 31.4 Å². The molecule has 1 aliphatic heterocycles. The first-order valence-electron chi connectivity index (χ1n) is 14.0. The molecule has 1 unspecified atom stereocenters. The Bertz CT molecular complexity index is 638. The Balaban J connectivity index is 1.36. The Labute approximate surface area is 213 Å². The fourth-order valence-electron chi connectivity index (χ4n) is 4.60. The lowest BCUT2D eigenvalue weighted by Gasteiger charge is -2.14. The molecule has 1 aromatic carbocycles. The summed E-state index contributed by atoms with van der Waals surface area (Å²) in [5.41, 5.74) is 1.19. The average Bonchev–Trinajstić information content (AvgIpc) is 3.36. The lowest BCUT2D eigenvalue weighted by atomic mass is 10.0. The molecular weight excluding hydrogens is 440 g/mol. The Hall–Kier alpha value is -1.20. The van der Waals surface area contributed by atoms with Crippen molar-refractivity contribution < 1.29 is 9.53 Å². The molecule has 0 bridgehead atoms. The third-order valence-electron chi connectivity index (χ3n) is 6.85. The Morgan fingerprint density at radius 1 is 0.853 bits per heavy atom. The van der Waals surface area contributed by atoms with Crippen molar-refractivity contribution in [2.45, 2.75) is 121 Å². The predicted molar refractivity (Wildman–Crippen MR) is 148 cm³/mol. The number of ether oxygens (including phenoxy) is 1. The normalized spacial score (nSPS) is 17.7. The van der Waals surface area contributed by atoms with E-state index in [0.29, 0.717) is 0 Å². The number of unbranched alkanes of at least 4 members (excludes halogenated alkanes) is 15. The van der Waals surface area contributed by atoms with Crippen LogP contribution < -0.4 is 15.4 Å². The van der Waals surface area contributed by atoms with Gasteiger partial charge in [-0.15, -0.1) is 11.8 Å². The summed E-state index contributed by atoms with van der Waals surface area (Å²) in [5.74, 6) is 1.82. The number of methoxy groups -OCH3 is 1. The summed E-state index contributed by atoms with van der Waals surface area (Å²) in [7, 11) is 1.68. The first kappa shape index (κ1) is 29.0. The highest BCUT2D eigenvalue weighted by molar-refractivity contribution is 7.99. The SMILES string of the molecule is CCCCCCCCCCCCCCCCCCNC(=O)[C@H]1CSC(c2ccc(OC)cc2)N1. The minimum Gasteiger partial charge on any atom is -0.497 e. The molecule has 194 valence electrons. The molecule has 0 radical (unpaired) electrons. The van der Waals surface area contributed by atoms with Gasteiger partial charge in [-0.1, -0.05) is 115 Å². The van der Waals surface area contributed by atoms with E-state index in [2.05, 4.69) is 29.7 Å². The fourth-order valence-corrected chi connectivity index (χ4v) is 5.84. The molecule has 1 fully saturated rings. The summed E-state index contributed by atoms with van der Waals surface area (Å²) in [6.07, 6.45) is 22.0. The fraction of sp³-hybridized carbons (Fsp3) is 0.759. The molecule has 2 rings (SSSR count). The van der Waals surface area contributed by atoms with Crippen molar-refractivity contribution in [1.82, 2.24) is 10.6 Å². The summed E-state index contributed by atoms with van der Waals surface area (Å²) in [4.78, 5) is 12.5. The maximum Gasteiger partial charge on any atom is 0.238 e. The van der Waals surface area contributed by atoms with E-state index in [1.807, 2.05) is 12.1 Å². The number of benzene rings is 1. The molecule has 1 aliphatic rings. The number of amides is 1. The van der Waals surface area contributed by atoms with Gasteiger partial charge >= 0.3 is 0 Å². The van der Waals surface area contributed by atoms with Crippen molar-refractivity contribution in [1.29, 1.82) is 0 Å². The Morgan fingerprint density at radius 3 is 1.85 bits per heavy atom. The van der Waals surface area contributed by atoms with Crippen LogP contribution in [0.5, 0.6) is 5.75 Å². The summed E-state index contributed by atoms with van der Waals surface area (Å²) >= 11 is 1.80. The van der Waals surface area contributed by atoms with E-state index in [0.717, 1.165) is 24.5 Å². The molecule has 0 aliphatic carbocycles. The van der Waals surface area contributed by atoms with E-state index in [4.69, 9.17) is 4.74 Å². The van der Waals surface area contributed by atoms with E-state index in [-0.39, 0.29) is 17.3 Å². The van der Waals surface area contributed by atoms with Crippen LogP contribution in [0, 0.1) is 0 Å². The van der Waals surface area contributed by atoms with Gasteiger partial charge in [-0.25, -0.2) is 0 Å². The summed E-state index contributed by atoms with van der Waals surface area (Å²) < 4.78 is 5.22. The molecule has 2 atom stereocenters. The number of rotatable bonds is 20. The number of thioether (sulfide) groups is 1. The van der Waals surface area contributed by atoms with Crippen LogP contribution in [0.4, 0.5) is 0 Å². The number of hydrogen-bond acceptors (Lipinski definition) is 4. The van der Waals surface area contributed by atoms with Crippen LogP contribution in [0.3, 0.4) is 0 Å². The highest BCUT2D eigenvalue weighted by atomic mass is 32.2. The number of carbonyl (C=O) groups is 1. The van der Waals surface area contributed by atoms with Gasteiger partial charge in [-0.2, -0.15) is 0 Å². The van der Waals surface area contributed by atoms with E-state index >= 15 is 0 Å². The minimum atomic E-state index is -0.0989. The van der Waals surface area contributed by atoms with Crippen molar-refractivity contribution in [2.24, 2.45) is 0 Å². The zero-order valence-corrected chi connectivity index (χ0v) is 22.7. The van der Waals surface area contributed by atoms with Crippen LogP contribution >= 0.6 is 11.8 Å². The van der Waals surface area contributed by atoms with Crippen LogP contribution in [0.15, 0.2) is 24.3 Å². The van der Waals surface area contributed by atoms with Gasteiger partial charge in [0.25, 0.3) is 0 Å². The summed E-state index contributed by atoms with van der Waals surface area (Å²) in [5, 5.41) is 6.77. The molecule has 0 spiro atoms. The third-order valence-corrected chi connectivity index (χ3v) is 8.11. The van der Waals surface area contributed by atoms with Crippen molar-refractivity contribution in [2.75, 3.05) is 19.4 Å². The van der Waals surface area contributed by atoms with Gasteiger partial charge in [0, 0.05) is 12.3 Å². The minimum absolute atomic E-state index is 0.0989. The molecule has 34 heavy (non-hydrogen) atoms. The van der Waals surface area contributed by atoms with Crippen molar-refractivity contribution in [3.05, 3.63) is 29.8 Å². The van der Waals surface area contributed by atoms with E-state index in [9.17, 15) is 4.79 Å². The van der Waals surface area contributed by atoms with Gasteiger partial charge < -0.3 is 10.1 Å². The largest absolute Gasteiger partial charge is 0.497 e. The molecule has 0 aromatic heterocycles. The Morgan fingerprint density at radius 2 is 1.35 bits per heavy atom. The molecule has 1 amide bonds. The van der Waals surface area contributed by atoms with Crippen LogP contribution in [0.2, 0.25) is 0 Å². The van der Waals surface area contributed by atoms with Crippen molar-refractivity contribution in [3.8, 4) is 5.75 Å². The molecule has 1 saturated heterocycles. The van der Waals surface area contributed by atoms with Crippen LogP contribution in [0.1, 0.15) is 121 Å². The lowest BCUT2D eigenvalue weighted by molar-refractivity contribution is -0.122. The number of nitrogens with one attached hydrogen (secondary N) is 2. The summed E-state index contributed by atoms with van der Waals surface area (Å²) in [6.45, 7) is 3.08. The monoisotopic (exact) mass is 490 g/mol. The maximum atomic E-state index is 12.5. The first-order chi connectivity index (χ1) is 16.7. The van der Waals surface area contributed by atoms with Gasteiger partial charge in [-0.05, 0) is 24.1 Å². The zero-order valence-electron chi connectivity index (χ0n) is 21.9. The second-order valence-corrected chi connectivity index (χ2v) is 10.9. The van der Waals surface area contributed by atoms with E-state index in [1.54, 1.807) is 18.9 Å². The highest BCUT2D eigenvalue weighted by Gasteiger charge is 2.30. The zero-order chi connectivity index (χ0) is 24.3. The van der Waals surface area contributed by atoms with E-state index < -0.39 is 0 Å². The van der Waals surface area contributed by atoms with Gasteiger partial charge in [0.2, 0.25) is 5.91 Å². The van der Waals surface area contributed by atoms with Gasteiger partial charge in [0.15, 0.2) is 0 Å². The van der Waals surface area contributed by atoms with Gasteiger partial charge in [-0.3, -0.25) is 10.1 Å². The smallest absolute Gasteiger partial charge is 0.238 e. The first-order valence-corrected chi connectivity index (χ1v) is 15.1. The quantitative estimate of drug-likeness (QED) is 0.183. The number of carbonyl (C=O) groups excluding carboxylic acids is 1. The van der Waals surface area contributed by atoms with Crippen molar-refractivity contribution in [3.63, 3.8) is 0 Å². The van der Waals surface area contributed by atoms with Crippen LogP contribution in [-0.2, 0) is 4.79 Å². The maximum absolute atomic E-state index is 12.5. The second kappa shape index (κ2) is 19.0. The van der Waals surface area contributed by atoms with Crippen molar-refractivity contribution >= 4 is 17.7 Å². The highest BCUT2D eigenvalue weighted by Crippen LogP contribution is 2.33. The summed E-state index contributed by atoms with van der Waals surface area (Å²) in [6, 6.07) is 7.99. The predicted octanol–water partition coefficient (Wildman–Crippen LogP) is 7.78. The standard InChI is InChI=1S/C29H50N2O2S/c1-3-4-5-6-7-8-9-10-11-12-13-14-15-16-17-18-23-30-28(32)27-24-34-29(31-27)25-19-21-26(33-2)22-20-25/h19-22,27,29,31H,3-18,23-24H2,1-2H3,(H,30,32)/t27-,29?/m1/s1. The molecule has 5 heteroatoms. The topological polar surface area (TPSA) is 50.4 Å². The third kappa shape index (κ3) is 12.5. The molecule has 0 saturated carbocycles. The van der Waals surface area contributed by atoms with E-state index in [1.165, 1.54) is 102 Å². The molecular formula is C29H50N2O2S. The van der Waals surface area contributed by atoms with Gasteiger partial charge in [0.05, 0.1) is 18.5 Å². The Kier molecular flexibility index (Phi) is 16.3. The van der Waals surface area contributed by atoms with Gasteiger partial charge in [0.1, 0.15) is 5.75 Å². The van der Waals surface area contributed by atoms with Crippen LogP contribution in [0.25, 0.3) is 0 Å². The molecule has 2 N–H and O–H groups in total. The number of hydrogen-bond donors (Lipinski definition) is 2. The average molecular weight is 491 g/mol. The molecule has 1 aromatic rings.